The maximum atomic E-state index is 10.9. The van der Waals surface area contributed by atoms with Crippen LogP contribution in [0, 0.1) is 5.92 Å². The summed E-state index contributed by atoms with van der Waals surface area (Å²) in [6, 6.07) is 0. The van der Waals surface area contributed by atoms with Gasteiger partial charge in [0.1, 0.15) is 5.60 Å². The van der Waals surface area contributed by atoms with E-state index in [9.17, 15) is 9.90 Å². The Morgan fingerprint density at radius 2 is 2.08 bits per heavy atom. The van der Waals surface area contributed by atoms with Gasteiger partial charge in [-0.15, -0.1) is 0 Å². The summed E-state index contributed by atoms with van der Waals surface area (Å²) in [5.74, 6) is 0.179. The molecule has 0 spiro atoms. The van der Waals surface area contributed by atoms with Crippen LogP contribution in [0.1, 0.15) is 13.8 Å². The first-order valence-electron chi connectivity index (χ1n) is 4.05. The summed E-state index contributed by atoms with van der Waals surface area (Å²) in [6.45, 7) is 4.65. The van der Waals surface area contributed by atoms with Gasteiger partial charge in [0.2, 0.25) is 0 Å². The second-order valence-corrected chi connectivity index (χ2v) is 3.58. The molecule has 1 fully saturated rings. The first kappa shape index (κ1) is 9.32. The quantitative estimate of drug-likeness (QED) is 0.626. The van der Waals surface area contributed by atoms with E-state index < -0.39 is 5.60 Å². The molecule has 0 aromatic carbocycles. The minimum absolute atomic E-state index is 0.179. The minimum atomic E-state index is -0.700. The Hall–Kier alpha value is -0.770. The van der Waals surface area contributed by atoms with Gasteiger partial charge in [-0.3, -0.25) is 0 Å². The van der Waals surface area contributed by atoms with Crippen LogP contribution in [-0.2, 0) is 4.74 Å². The van der Waals surface area contributed by atoms with Crippen LogP contribution in [-0.4, -0.2) is 41.9 Å². The van der Waals surface area contributed by atoms with E-state index in [-0.39, 0.29) is 12.0 Å². The lowest BCUT2D eigenvalue weighted by atomic mass is 9.83. The summed E-state index contributed by atoms with van der Waals surface area (Å²) >= 11 is 0. The molecule has 0 radical (unpaired) electrons. The second-order valence-electron chi connectivity index (χ2n) is 3.58. The largest absolute Gasteiger partial charge is 0.453 e. The van der Waals surface area contributed by atoms with Crippen LogP contribution in [0.5, 0.6) is 0 Å². The molecule has 12 heavy (non-hydrogen) atoms. The molecule has 1 aliphatic heterocycles. The number of β-amino-alcohol motifs (C(OH)–C–C–N with tert-alkyl or cyclic N) is 1. The van der Waals surface area contributed by atoms with Crippen molar-refractivity contribution in [1.29, 1.82) is 0 Å². The number of methoxy groups -OCH3 is 1. The number of likely N-dealkylation sites (tertiary alicyclic amines) is 1. The van der Waals surface area contributed by atoms with E-state index in [1.54, 1.807) is 0 Å². The lowest BCUT2D eigenvalue weighted by molar-refractivity contribution is -0.115. The topological polar surface area (TPSA) is 49.8 Å². The molecular weight excluding hydrogens is 158 g/mol. The van der Waals surface area contributed by atoms with Crippen LogP contribution < -0.4 is 0 Å². The minimum Gasteiger partial charge on any atom is -0.453 e. The van der Waals surface area contributed by atoms with Crippen molar-refractivity contribution in [3.05, 3.63) is 0 Å². The van der Waals surface area contributed by atoms with E-state index in [1.165, 1.54) is 12.0 Å². The van der Waals surface area contributed by atoms with Crippen LogP contribution in [0.15, 0.2) is 0 Å². The van der Waals surface area contributed by atoms with Gasteiger partial charge in [0.15, 0.2) is 0 Å². The highest BCUT2D eigenvalue weighted by Gasteiger charge is 2.46. The molecule has 4 nitrogen and oxygen atoms in total. The lowest BCUT2D eigenvalue weighted by Crippen LogP contribution is -2.65. The zero-order valence-corrected chi connectivity index (χ0v) is 7.70. The fourth-order valence-corrected chi connectivity index (χ4v) is 1.24. The van der Waals surface area contributed by atoms with Crippen molar-refractivity contribution < 1.29 is 14.6 Å². The number of ether oxygens (including phenoxy) is 1. The Morgan fingerprint density at radius 1 is 1.58 bits per heavy atom. The first-order chi connectivity index (χ1) is 5.49. The van der Waals surface area contributed by atoms with Crippen molar-refractivity contribution in [3.8, 4) is 0 Å². The van der Waals surface area contributed by atoms with Gasteiger partial charge in [0, 0.05) is 0 Å². The van der Waals surface area contributed by atoms with E-state index in [0.717, 1.165) is 0 Å². The third-order valence-corrected chi connectivity index (χ3v) is 2.44. The van der Waals surface area contributed by atoms with E-state index in [2.05, 4.69) is 4.74 Å². The summed E-state index contributed by atoms with van der Waals surface area (Å²) < 4.78 is 4.50. The van der Waals surface area contributed by atoms with E-state index in [1.807, 2.05) is 13.8 Å². The second kappa shape index (κ2) is 2.94. The van der Waals surface area contributed by atoms with Gasteiger partial charge in [0.25, 0.3) is 0 Å². The third-order valence-electron chi connectivity index (χ3n) is 2.44. The summed E-state index contributed by atoms with van der Waals surface area (Å²) in [7, 11) is 1.34. The molecule has 0 aliphatic carbocycles. The highest BCUT2D eigenvalue weighted by Crippen LogP contribution is 2.28. The predicted octanol–water partition coefficient (Wildman–Crippen LogP) is 0.456. The molecule has 0 saturated carbocycles. The van der Waals surface area contributed by atoms with E-state index in [4.69, 9.17) is 0 Å². The smallest absolute Gasteiger partial charge is 0.409 e. The Morgan fingerprint density at radius 3 is 2.42 bits per heavy atom. The van der Waals surface area contributed by atoms with Crippen LogP contribution >= 0.6 is 0 Å². The monoisotopic (exact) mass is 173 g/mol. The van der Waals surface area contributed by atoms with Gasteiger partial charge in [-0.1, -0.05) is 13.8 Å². The molecule has 0 aromatic heterocycles. The maximum absolute atomic E-state index is 10.9. The average Bonchev–Trinajstić information content (AvgIpc) is 1.96. The van der Waals surface area contributed by atoms with Crippen LogP contribution in [0.2, 0.25) is 0 Å². The van der Waals surface area contributed by atoms with Crippen molar-refractivity contribution in [2.75, 3.05) is 20.2 Å². The Labute approximate surface area is 72.1 Å². The van der Waals surface area contributed by atoms with E-state index in [0.29, 0.717) is 13.1 Å². The summed E-state index contributed by atoms with van der Waals surface area (Å²) in [6.07, 6.45) is -0.361. The number of hydrogen-bond acceptors (Lipinski definition) is 3. The molecule has 0 atom stereocenters. The van der Waals surface area contributed by atoms with Crippen molar-refractivity contribution in [2.24, 2.45) is 5.92 Å². The van der Waals surface area contributed by atoms with Crippen molar-refractivity contribution >= 4 is 6.09 Å². The fraction of sp³-hybridized carbons (Fsp3) is 0.875. The number of carbonyl (C=O) groups is 1. The number of aliphatic hydroxyl groups is 1. The van der Waals surface area contributed by atoms with Gasteiger partial charge in [-0.2, -0.15) is 0 Å². The molecule has 1 N–H and O–H groups in total. The third kappa shape index (κ3) is 1.39. The van der Waals surface area contributed by atoms with Crippen LogP contribution in [0.25, 0.3) is 0 Å². The Balaban J connectivity index is 2.41. The summed E-state index contributed by atoms with van der Waals surface area (Å²) in [5.41, 5.74) is -0.700. The van der Waals surface area contributed by atoms with Crippen LogP contribution in [0.4, 0.5) is 4.79 Å². The van der Waals surface area contributed by atoms with E-state index >= 15 is 0 Å². The number of rotatable bonds is 1. The first-order valence-corrected chi connectivity index (χ1v) is 4.05. The highest BCUT2D eigenvalue weighted by atomic mass is 16.5. The normalized spacial score (nSPS) is 20.6. The molecule has 70 valence electrons. The van der Waals surface area contributed by atoms with Crippen molar-refractivity contribution in [1.82, 2.24) is 4.90 Å². The summed E-state index contributed by atoms with van der Waals surface area (Å²) in [5, 5.41) is 9.75. The SMILES string of the molecule is COC(=O)N1CC(O)(C(C)C)C1. The molecule has 1 saturated heterocycles. The van der Waals surface area contributed by atoms with Crippen molar-refractivity contribution in [3.63, 3.8) is 0 Å². The van der Waals surface area contributed by atoms with Gasteiger partial charge < -0.3 is 14.7 Å². The molecule has 1 heterocycles. The van der Waals surface area contributed by atoms with Crippen molar-refractivity contribution in [2.45, 2.75) is 19.4 Å². The number of carbonyl (C=O) groups excluding carboxylic acids is 1. The van der Waals surface area contributed by atoms with Gasteiger partial charge in [0.05, 0.1) is 20.2 Å². The number of nitrogens with zero attached hydrogens (tertiary/aromatic N) is 1. The molecule has 0 aromatic rings. The molecule has 0 bridgehead atoms. The maximum Gasteiger partial charge on any atom is 0.409 e. The number of amides is 1. The molecule has 0 unspecified atom stereocenters. The highest BCUT2D eigenvalue weighted by molar-refractivity contribution is 5.69. The zero-order chi connectivity index (χ0) is 9.35. The molecule has 1 rings (SSSR count). The van der Waals surface area contributed by atoms with Gasteiger partial charge >= 0.3 is 6.09 Å². The molecule has 1 amide bonds. The zero-order valence-electron chi connectivity index (χ0n) is 7.70. The average molecular weight is 173 g/mol. The molecular formula is C8H15NO3. The predicted molar refractivity (Wildman–Crippen MR) is 43.8 cm³/mol. The fourth-order valence-electron chi connectivity index (χ4n) is 1.24. The van der Waals surface area contributed by atoms with Crippen LogP contribution in [0.3, 0.4) is 0 Å². The Bertz CT molecular complexity index is 185. The van der Waals surface area contributed by atoms with Gasteiger partial charge in [-0.25, -0.2) is 4.79 Å². The molecule has 4 heteroatoms. The Kier molecular flexibility index (Phi) is 2.28. The standard InChI is InChI=1S/C8H15NO3/c1-6(2)8(11)4-9(5-8)7(10)12-3/h6,11H,4-5H2,1-3H3. The number of hydrogen-bond donors (Lipinski definition) is 1. The lowest BCUT2D eigenvalue weighted by Gasteiger charge is -2.47. The van der Waals surface area contributed by atoms with Gasteiger partial charge in [-0.05, 0) is 5.92 Å². The summed E-state index contributed by atoms with van der Waals surface area (Å²) in [4.78, 5) is 12.4. The molecule has 1 aliphatic rings.